The van der Waals surface area contributed by atoms with E-state index < -0.39 is 0 Å². The number of halogens is 1. The highest BCUT2D eigenvalue weighted by Gasteiger charge is 2.13. The van der Waals surface area contributed by atoms with E-state index >= 15 is 0 Å². The maximum atomic E-state index is 6.17. The van der Waals surface area contributed by atoms with Gasteiger partial charge in [0.25, 0.3) is 0 Å². The Balaban J connectivity index is 1.89. The third-order valence-electron chi connectivity index (χ3n) is 3.58. The van der Waals surface area contributed by atoms with Gasteiger partial charge in [-0.05, 0) is 48.7 Å². The van der Waals surface area contributed by atoms with E-state index in [0.717, 1.165) is 29.4 Å². The largest absolute Gasteiger partial charge is 0.374 e. The molecular weight excluding hydrogens is 256 g/mol. The van der Waals surface area contributed by atoms with Crippen LogP contribution < -0.4 is 10.2 Å². The summed E-state index contributed by atoms with van der Waals surface area (Å²) in [6.45, 7) is 1.14. The molecule has 1 aliphatic heterocycles. The van der Waals surface area contributed by atoms with E-state index in [1.165, 1.54) is 17.7 Å². The Morgan fingerprint density at radius 2 is 2.00 bits per heavy atom. The minimum absolute atomic E-state index is 0.748. The fourth-order valence-corrected chi connectivity index (χ4v) is 2.76. The van der Waals surface area contributed by atoms with Gasteiger partial charge in [0.2, 0.25) is 0 Å². The van der Waals surface area contributed by atoms with Crippen LogP contribution in [0.25, 0.3) is 0 Å². The van der Waals surface area contributed by atoms with Gasteiger partial charge in [-0.15, -0.1) is 0 Å². The average Bonchev–Trinajstić information content (AvgIpc) is 2.42. The summed E-state index contributed by atoms with van der Waals surface area (Å²) in [5.41, 5.74) is 4.80. The molecule has 2 nitrogen and oxygen atoms in total. The summed E-state index contributed by atoms with van der Waals surface area (Å²) < 4.78 is 0. The van der Waals surface area contributed by atoms with Crippen LogP contribution in [0.2, 0.25) is 5.02 Å². The fourth-order valence-electron chi connectivity index (χ4n) is 2.58. The molecule has 0 bridgehead atoms. The van der Waals surface area contributed by atoms with Gasteiger partial charge in [0.15, 0.2) is 0 Å². The number of rotatable bonds is 2. The predicted molar refractivity (Wildman–Crippen MR) is 82.8 cm³/mol. The number of nitrogens with one attached hydrogen (secondary N) is 1. The molecular formula is C16H17ClN2. The van der Waals surface area contributed by atoms with Gasteiger partial charge in [-0.25, -0.2) is 0 Å². The van der Waals surface area contributed by atoms with Crippen molar-refractivity contribution >= 4 is 28.7 Å². The summed E-state index contributed by atoms with van der Waals surface area (Å²) >= 11 is 6.17. The second-order valence-electron chi connectivity index (χ2n) is 4.97. The van der Waals surface area contributed by atoms with Gasteiger partial charge in [0, 0.05) is 25.0 Å². The van der Waals surface area contributed by atoms with Crippen molar-refractivity contribution in [3.8, 4) is 0 Å². The number of anilines is 3. The van der Waals surface area contributed by atoms with Crippen molar-refractivity contribution in [2.45, 2.75) is 12.8 Å². The minimum Gasteiger partial charge on any atom is -0.374 e. The second-order valence-corrected chi connectivity index (χ2v) is 5.38. The van der Waals surface area contributed by atoms with E-state index in [4.69, 9.17) is 11.6 Å². The molecule has 2 aromatic carbocycles. The molecule has 1 aliphatic rings. The Hall–Kier alpha value is -1.67. The van der Waals surface area contributed by atoms with E-state index in [0.29, 0.717) is 0 Å². The maximum absolute atomic E-state index is 6.17. The van der Waals surface area contributed by atoms with E-state index in [2.05, 4.69) is 35.5 Å². The van der Waals surface area contributed by atoms with Crippen LogP contribution in [0.5, 0.6) is 0 Å². The molecule has 0 aliphatic carbocycles. The lowest BCUT2D eigenvalue weighted by Crippen LogP contribution is -2.24. The predicted octanol–water partition coefficient (Wildman–Crippen LogP) is 4.47. The summed E-state index contributed by atoms with van der Waals surface area (Å²) in [5.74, 6) is 0. The van der Waals surface area contributed by atoms with Crippen LogP contribution >= 0.6 is 11.6 Å². The average molecular weight is 273 g/mol. The standard InChI is InChI=1S/C16H17ClN2/c1-19-10-4-5-12-11-13(8-9-16(12)19)18-15-7-3-2-6-14(15)17/h2-3,6-9,11,18H,4-5,10H2,1H3. The van der Waals surface area contributed by atoms with Gasteiger partial charge in [-0.2, -0.15) is 0 Å². The summed E-state index contributed by atoms with van der Waals surface area (Å²) in [6.07, 6.45) is 2.37. The quantitative estimate of drug-likeness (QED) is 0.868. The Morgan fingerprint density at radius 3 is 2.84 bits per heavy atom. The first-order chi connectivity index (χ1) is 9.24. The number of hydrogen-bond donors (Lipinski definition) is 1. The van der Waals surface area contributed by atoms with Crippen molar-refractivity contribution in [1.82, 2.24) is 0 Å². The summed E-state index contributed by atoms with van der Waals surface area (Å²) in [7, 11) is 2.15. The highest BCUT2D eigenvalue weighted by atomic mass is 35.5. The smallest absolute Gasteiger partial charge is 0.0640 e. The maximum Gasteiger partial charge on any atom is 0.0640 e. The van der Waals surface area contributed by atoms with Crippen LogP contribution in [0, 0.1) is 0 Å². The van der Waals surface area contributed by atoms with Crippen molar-refractivity contribution in [3.05, 3.63) is 53.1 Å². The molecule has 1 heterocycles. The Morgan fingerprint density at radius 1 is 1.16 bits per heavy atom. The third kappa shape index (κ3) is 2.54. The van der Waals surface area contributed by atoms with E-state index in [1.807, 2.05) is 24.3 Å². The van der Waals surface area contributed by atoms with Crippen molar-refractivity contribution in [2.75, 3.05) is 23.8 Å². The van der Waals surface area contributed by atoms with Crippen LogP contribution in [-0.4, -0.2) is 13.6 Å². The SMILES string of the molecule is CN1CCCc2cc(Nc3ccccc3Cl)ccc21. The Kier molecular flexibility index (Phi) is 3.34. The zero-order chi connectivity index (χ0) is 13.2. The van der Waals surface area contributed by atoms with E-state index in [-0.39, 0.29) is 0 Å². The molecule has 0 radical (unpaired) electrons. The minimum atomic E-state index is 0.748. The van der Waals surface area contributed by atoms with Gasteiger partial charge in [-0.3, -0.25) is 0 Å². The monoisotopic (exact) mass is 272 g/mol. The molecule has 0 aromatic heterocycles. The first-order valence-corrected chi connectivity index (χ1v) is 6.97. The first kappa shape index (κ1) is 12.4. The molecule has 19 heavy (non-hydrogen) atoms. The molecule has 3 heteroatoms. The lowest BCUT2D eigenvalue weighted by molar-refractivity contribution is 0.745. The van der Waals surface area contributed by atoms with Crippen molar-refractivity contribution in [3.63, 3.8) is 0 Å². The molecule has 3 rings (SSSR count). The summed E-state index contributed by atoms with van der Waals surface area (Å²) in [4.78, 5) is 2.32. The fraction of sp³-hybridized carbons (Fsp3) is 0.250. The van der Waals surface area contributed by atoms with Crippen LogP contribution in [0.15, 0.2) is 42.5 Å². The molecule has 2 aromatic rings. The summed E-state index contributed by atoms with van der Waals surface area (Å²) in [6, 6.07) is 14.4. The zero-order valence-corrected chi connectivity index (χ0v) is 11.7. The third-order valence-corrected chi connectivity index (χ3v) is 3.91. The van der Waals surface area contributed by atoms with Gasteiger partial charge in [-0.1, -0.05) is 23.7 Å². The number of para-hydroxylation sites is 1. The number of fused-ring (bicyclic) bond motifs is 1. The molecule has 98 valence electrons. The van der Waals surface area contributed by atoms with E-state index in [1.54, 1.807) is 0 Å². The number of benzene rings is 2. The topological polar surface area (TPSA) is 15.3 Å². The van der Waals surface area contributed by atoms with Crippen LogP contribution in [0.1, 0.15) is 12.0 Å². The summed E-state index contributed by atoms with van der Waals surface area (Å²) in [5, 5.41) is 4.13. The second kappa shape index (κ2) is 5.14. The Bertz CT molecular complexity index is 595. The van der Waals surface area contributed by atoms with Gasteiger partial charge < -0.3 is 10.2 Å². The molecule has 0 unspecified atom stereocenters. The number of nitrogens with zero attached hydrogens (tertiary/aromatic N) is 1. The molecule has 0 fully saturated rings. The highest BCUT2D eigenvalue weighted by Crippen LogP contribution is 2.31. The Labute approximate surface area is 119 Å². The van der Waals surface area contributed by atoms with Crippen molar-refractivity contribution < 1.29 is 0 Å². The van der Waals surface area contributed by atoms with Crippen LogP contribution in [0.4, 0.5) is 17.1 Å². The van der Waals surface area contributed by atoms with Crippen molar-refractivity contribution in [1.29, 1.82) is 0 Å². The van der Waals surface area contributed by atoms with Gasteiger partial charge >= 0.3 is 0 Å². The van der Waals surface area contributed by atoms with E-state index in [9.17, 15) is 0 Å². The van der Waals surface area contributed by atoms with Gasteiger partial charge in [0.05, 0.1) is 10.7 Å². The molecule has 1 N–H and O–H groups in total. The van der Waals surface area contributed by atoms with Crippen LogP contribution in [-0.2, 0) is 6.42 Å². The molecule has 0 amide bonds. The highest BCUT2D eigenvalue weighted by molar-refractivity contribution is 6.33. The lowest BCUT2D eigenvalue weighted by Gasteiger charge is -2.28. The van der Waals surface area contributed by atoms with Crippen molar-refractivity contribution in [2.24, 2.45) is 0 Å². The number of hydrogen-bond acceptors (Lipinski definition) is 2. The molecule has 0 saturated heterocycles. The number of aryl methyl sites for hydroxylation is 1. The lowest BCUT2D eigenvalue weighted by atomic mass is 10.0. The van der Waals surface area contributed by atoms with Crippen LogP contribution in [0.3, 0.4) is 0 Å². The normalized spacial score (nSPS) is 14.1. The molecule has 0 saturated carbocycles. The van der Waals surface area contributed by atoms with Gasteiger partial charge in [0.1, 0.15) is 0 Å². The zero-order valence-electron chi connectivity index (χ0n) is 11.0. The molecule has 0 atom stereocenters. The molecule has 0 spiro atoms. The first-order valence-electron chi connectivity index (χ1n) is 6.59.